The number of allylic oxidation sites excluding steroid dienone is 2. The third-order valence-corrected chi connectivity index (χ3v) is 12.7. The van der Waals surface area contributed by atoms with E-state index in [0.717, 1.165) is 50.5 Å². The van der Waals surface area contributed by atoms with Gasteiger partial charge >= 0.3 is 0 Å². The second-order valence-electron chi connectivity index (χ2n) is 15.0. The first-order chi connectivity index (χ1) is 29.3. The maximum absolute atomic E-state index is 5.33. The van der Waals surface area contributed by atoms with E-state index in [1.807, 2.05) is 59.9 Å². The van der Waals surface area contributed by atoms with Crippen molar-refractivity contribution in [3.05, 3.63) is 200 Å². The first-order valence-electron chi connectivity index (χ1n) is 19.9. The predicted octanol–water partition coefficient (Wildman–Crippen LogP) is 13.0. The van der Waals surface area contributed by atoms with Gasteiger partial charge in [-0.05, 0) is 66.2 Å². The third-order valence-electron chi connectivity index (χ3n) is 11.6. The normalized spacial score (nSPS) is 15.6. The highest BCUT2D eigenvalue weighted by atomic mass is 32.1. The summed E-state index contributed by atoms with van der Waals surface area (Å²) in [6, 6.07) is 59.4. The summed E-state index contributed by atoms with van der Waals surface area (Å²) >= 11 is 1.87. The van der Waals surface area contributed by atoms with Crippen LogP contribution in [0.25, 0.3) is 82.4 Å². The number of hydrogen-bond donors (Lipinski definition) is 0. The number of rotatable bonds is 6. The molecule has 2 atom stereocenters. The zero-order valence-electron chi connectivity index (χ0n) is 31.7. The number of imidazole rings is 1. The molecule has 0 N–H and O–H groups in total. The van der Waals surface area contributed by atoms with Crippen LogP contribution in [0.4, 0.5) is 11.4 Å². The average Bonchev–Trinajstić information content (AvgIpc) is 3.99. The van der Waals surface area contributed by atoms with Crippen LogP contribution >= 0.6 is 11.3 Å². The van der Waals surface area contributed by atoms with Crippen molar-refractivity contribution >= 4 is 53.9 Å². The molecule has 6 nitrogen and oxygen atoms in total. The standard InChI is InChI=1S/C52H34N6S/c1-4-16-33(17-5-1)49-54-50(34-18-6-2-7-19-34)56-51(55-49)39-32-35(52-53-40-24-12-14-26-43(40)57(52)36-20-8-3-9-21-36)28-29-42(39)58-41-25-13-10-22-37(41)47-44(58)30-31-46-48(47)38-23-11-15-27-45(38)59-46/h1-32,37,41H. The lowest BCUT2D eigenvalue weighted by Gasteiger charge is -2.30. The molecule has 0 amide bonds. The van der Waals surface area contributed by atoms with E-state index in [2.05, 4.69) is 155 Å². The van der Waals surface area contributed by atoms with Gasteiger partial charge < -0.3 is 4.90 Å². The van der Waals surface area contributed by atoms with Crippen molar-refractivity contribution in [3.8, 4) is 51.2 Å². The Morgan fingerprint density at radius 3 is 1.92 bits per heavy atom. The molecule has 1 aliphatic heterocycles. The SMILES string of the molecule is C1=CC2c3c(ccc4sc5ccccc5c34)N(c3ccc(-c4nc5ccccc5n4-c4ccccc4)cc3-c3nc(-c4ccccc4)nc(-c4ccccc4)n3)C2C=C1. The molecule has 0 saturated carbocycles. The average molecular weight is 775 g/mol. The van der Waals surface area contributed by atoms with Gasteiger partial charge in [-0.3, -0.25) is 4.57 Å². The molecular weight excluding hydrogens is 741 g/mol. The predicted molar refractivity (Wildman–Crippen MR) is 242 cm³/mol. The van der Waals surface area contributed by atoms with E-state index in [4.69, 9.17) is 19.9 Å². The summed E-state index contributed by atoms with van der Waals surface area (Å²) in [7, 11) is 0. The third kappa shape index (κ3) is 5.47. The van der Waals surface area contributed by atoms with Crippen LogP contribution in [0.1, 0.15) is 11.5 Å². The fourth-order valence-corrected chi connectivity index (χ4v) is 10.1. The molecule has 0 radical (unpaired) electrons. The van der Waals surface area contributed by atoms with Crippen molar-refractivity contribution in [2.75, 3.05) is 4.90 Å². The molecule has 59 heavy (non-hydrogen) atoms. The van der Waals surface area contributed by atoms with Gasteiger partial charge in [0.2, 0.25) is 0 Å². The monoisotopic (exact) mass is 774 g/mol. The van der Waals surface area contributed by atoms with Gasteiger partial charge in [0.05, 0.1) is 22.8 Å². The fourth-order valence-electron chi connectivity index (χ4n) is 8.99. The molecule has 0 fully saturated rings. The second-order valence-corrected chi connectivity index (χ2v) is 16.1. The van der Waals surface area contributed by atoms with Crippen LogP contribution in [0.15, 0.2) is 194 Å². The van der Waals surface area contributed by atoms with Crippen LogP contribution in [-0.2, 0) is 0 Å². The largest absolute Gasteiger partial charge is 0.333 e. The van der Waals surface area contributed by atoms with Crippen molar-refractivity contribution in [1.29, 1.82) is 0 Å². The molecule has 278 valence electrons. The summed E-state index contributed by atoms with van der Waals surface area (Å²) in [5, 5.41) is 2.65. The second kappa shape index (κ2) is 13.6. The Labute approximate surface area is 344 Å². The molecule has 4 heterocycles. The first-order valence-corrected chi connectivity index (χ1v) is 20.7. The van der Waals surface area contributed by atoms with Gasteiger partial charge in [0.1, 0.15) is 5.82 Å². The van der Waals surface area contributed by atoms with E-state index in [-0.39, 0.29) is 12.0 Å². The number of thiophene rings is 1. The van der Waals surface area contributed by atoms with Gasteiger partial charge in [-0.25, -0.2) is 19.9 Å². The quantitative estimate of drug-likeness (QED) is 0.168. The number of fused-ring (bicyclic) bond motifs is 8. The molecule has 7 heteroatoms. The van der Waals surface area contributed by atoms with Gasteiger partial charge in [-0.2, -0.15) is 0 Å². The molecule has 0 spiro atoms. The Hall–Kier alpha value is -7.48. The number of anilines is 2. The van der Waals surface area contributed by atoms with E-state index in [9.17, 15) is 0 Å². The number of nitrogens with zero attached hydrogens (tertiary/aromatic N) is 6. The maximum atomic E-state index is 5.33. The molecular formula is C52H34N6S. The van der Waals surface area contributed by atoms with Crippen LogP contribution < -0.4 is 4.90 Å². The van der Waals surface area contributed by atoms with Gasteiger partial charge in [-0.1, -0.05) is 133 Å². The van der Waals surface area contributed by atoms with Crippen LogP contribution in [0.3, 0.4) is 0 Å². The van der Waals surface area contributed by atoms with Crippen molar-refractivity contribution in [2.45, 2.75) is 12.0 Å². The van der Waals surface area contributed by atoms with Crippen LogP contribution in [0, 0.1) is 0 Å². The Kier molecular flexibility index (Phi) is 7.74. The number of benzene rings is 7. The Balaban J connectivity index is 1.15. The van der Waals surface area contributed by atoms with Crippen molar-refractivity contribution in [3.63, 3.8) is 0 Å². The lowest BCUT2D eigenvalue weighted by Crippen LogP contribution is -2.29. The zero-order valence-corrected chi connectivity index (χ0v) is 32.5. The highest BCUT2D eigenvalue weighted by Gasteiger charge is 2.40. The van der Waals surface area contributed by atoms with Gasteiger partial charge in [0.25, 0.3) is 0 Å². The smallest absolute Gasteiger partial charge is 0.166 e. The number of hydrogen-bond acceptors (Lipinski definition) is 6. The molecule has 2 unspecified atom stereocenters. The molecule has 1 aliphatic carbocycles. The Bertz CT molecular complexity index is 3240. The van der Waals surface area contributed by atoms with Crippen molar-refractivity contribution in [2.24, 2.45) is 0 Å². The van der Waals surface area contributed by atoms with Crippen LogP contribution in [0.5, 0.6) is 0 Å². The van der Waals surface area contributed by atoms with E-state index < -0.39 is 0 Å². The molecule has 0 saturated heterocycles. The van der Waals surface area contributed by atoms with E-state index in [1.54, 1.807) is 0 Å². The van der Waals surface area contributed by atoms with E-state index in [0.29, 0.717) is 17.5 Å². The molecule has 2 aliphatic rings. The fraction of sp³-hybridized carbons (Fsp3) is 0.0385. The maximum Gasteiger partial charge on any atom is 0.166 e. The van der Waals surface area contributed by atoms with E-state index >= 15 is 0 Å². The molecule has 3 aromatic heterocycles. The Morgan fingerprint density at radius 1 is 0.492 bits per heavy atom. The summed E-state index contributed by atoms with van der Waals surface area (Å²) in [6.07, 6.45) is 9.10. The highest BCUT2D eigenvalue weighted by molar-refractivity contribution is 7.25. The molecule has 10 aromatic rings. The van der Waals surface area contributed by atoms with Gasteiger partial charge in [0.15, 0.2) is 17.5 Å². The minimum Gasteiger partial charge on any atom is -0.333 e. The summed E-state index contributed by atoms with van der Waals surface area (Å²) < 4.78 is 4.86. The molecule has 7 aromatic carbocycles. The first kappa shape index (κ1) is 33.6. The van der Waals surface area contributed by atoms with Crippen molar-refractivity contribution < 1.29 is 0 Å². The van der Waals surface area contributed by atoms with Crippen molar-refractivity contribution in [1.82, 2.24) is 24.5 Å². The van der Waals surface area contributed by atoms with E-state index in [1.165, 1.54) is 31.4 Å². The number of para-hydroxylation sites is 3. The molecule has 0 bridgehead atoms. The van der Waals surface area contributed by atoms with Crippen LogP contribution in [-0.4, -0.2) is 30.5 Å². The highest BCUT2D eigenvalue weighted by Crippen LogP contribution is 2.54. The lowest BCUT2D eigenvalue weighted by molar-refractivity contribution is 0.747. The Morgan fingerprint density at radius 2 is 1.14 bits per heavy atom. The summed E-state index contributed by atoms with van der Waals surface area (Å²) in [4.78, 5) is 23.5. The summed E-state index contributed by atoms with van der Waals surface area (Å²) in [6.45, 7) is 0. The minimum absolute atomic E-state index is 0.0433. The molecule has 12 rings (SSSR count). The topological polar surface area (TPSA) is 59.7 Å². The van der Waals surface area contributed by atoms with Crippen LogP contribution in [0.2, 0.25) is 0 Å². The summed E-state index contributed by atoms with van der Waals surface area (Å²) in [5.41, 5.74) is 10.3. The number of aromatic nitrogens is 5. The minimum atomic E-state index is 0.0433. The van der Waals surface area contributed by atoms with Gasteiger partial charge in [-0.15, -0.1) is 11.3 Å². The summed E-state index contributed by atoms with van der Waals surface area (Å²) in [5.74, 6) is 2.84. The van der Waals surface area contributed by atoms with Gasteiger partial charge in [0, 0.05) is 59.7 Å². The zero-order chi connectivity index (χ0) is 38.9. The lowest BCUT2D eigenvalue weighted by atomic mass is 9.88.